The molecule has 0 aromatic carbocycles. The highest BCUT2D eigenvalue weighted by atomic mass is 32.2. The summed E-state index contributed by atoms with van der Waals surface area (Å²) in [6, 6.07) is 4.87. The Labute approximate surface area is 156 Å². The summed E-state index contributed by atoms with van der Waals surface area (Å²) in [6.07, 6.45) is 1.57. The van der Waals surface area contributed by atoms with Crippen LogP contribution in [0, 0.1) is 13.8 Å². The second-order valence-electron chi connectivity index (χ2n) is 6.26. The van der Waals surface area contributed by atoms with Crippen molar-refractivity contribution in [3.8, 4) is 0 Å². The number of aryl methyl sites for hydroxylation is 2. The molecule has 1 aliphatic rings. The Kier molecular flexibility index (Phi) is 5.42. The highest BCUT2D eigenvalue weighted by Gasteiger charge is 2.30. The van der Waals surface area contributed by atoms with E-state index < -0.39 is 16.0 Å². The van der Waals surface area contributed by atoms with Crippen LogP contribution in [0.15, 0.2) is 29.3 Å². The summed E-state index contributed by atoms with van der Waals surface area (Å²) >= 11 is 1.49. The van der Waals surface area contributed by atoms with E-state index in [0.29, 0.717) is 43.3 Å². The molecule has 0 aliphatic carbocycles. The molecule has 1 saturated heterocycles. The van der Waals surface area contributed by atoms with E-state index >= 15 is 0 Å². The topological polar surface area (TPSA) is 90.8 Å². The number of piperazine rings is 1. The Morgan fingerprint density at radius 2 is 1.96 bits per heavy atom. The van der Waals surface area contributed by atoms with Crippen molar-refractivity contribution in [2.24, 2.45) is 0 Å². The zero-order valence-corrected chi connectivity index (χ0v) is 16.3. The van der Waals surface area contributed by atoms with Crippen LogP contribution in [-0.4, -0.2) is 59.9 Å². The molecule has 140 valence electrons. The fourth-order valence-corrected chi connectivity index (χ4v) is 6.05. The number of pyridine rings is 1. The Hall–Kier alpha value is -1.81. The predicted molar refractivity (Wildman–Crippen MR) is 99.0 cm³/mol. The lowest BCUT2D eigenvalue weighted by Gasteiger charge is -2.33. The largest absolute Gasteiger partial charge is 0.478 e. The third kappa shape index (κ3) is 3.80. The maximum Gasteiger partial charge on any atom is 0.337 e. The molecule has 1 fully saturated rings. The van der Waals surface area contributed by atoms with Crippen LogP contribution in [0.3, 0.4) is 0 Å². The van der Waals surface area contributed by atoms with Gasteiger partial charge in [0.05, 0.1) is 16.2 Å². The molecule has 0 atom stereocenters. The number of thiophene rings is 1. The fourth-order valence-electron chi connectivity index (χ4n) is 3.10. The molecule has 3 rings (SSSR count). The fraction of sp³-hybridized carbons (Fsp3) is 0.412. The molecule has 7 nitrogen and oxygen atoms in total. The van der Waals surface area contributed by atoms with Crippen molar-refractivity contribution in [2.75, 3.05) is 26.2 Å². The normalized spacial score (nSPS) is 16.7. The molecular formula is C17H21N3O4S2. The third-order valence-corrected chi connectivity index (χ3v) is 7.56. The zero-order valence-electron chi connectivity index (χ0n) is 14.7. The van der Waals surface area contributed by atoms with E-state index in [2.05, 4.69) is 4.98 Å². The molecule has 2 aromatic heterocycles. The van der Waals surface area contributed by atoms with Gasteiger partial charge in [0, 0.05) is 48.7 Å². The van der Waals surface area contributed by atoms with Gasteiger partial charge in [-0.05, 0) is 32.0 Å². The van der Waals surface area contributed by atoms with Crippen molar-refractivity contribution in [3.63, 3.8) is 0 Å². The molecule has 26 heavy (non-hydrogen) atoms. The van der Waals surface area contributed by atoms with Gasteiger partial charge in [0.25, 0.3) is 0 Å². The molecule has 0 bridgehead atoms. The van der Waals surface area contributed by atoms with E-state index in [4.69, 9.17) is 0 Å². The highest BCUT2D eigenvalue weighted by molar-refractivity contribution is 7.89. The minimum absolute atomic E-state index is 0.187. The number of carboxylic acid groups (broad SMARTS) is 1. The number of nitrogens with zero attached hydrogens (tertiary/aromatic N) is 3. The summed E-state index contributed by atoms with van der Waals surface area (Å²) in [5.74, 6) is -1.00. The van der Waals surface area contributed by atoms with Gasteiger partial charge >= 0.3 is 5.97 Å². The Balaban J connectivity index is 1.68. The van der Waals surface area contributed by atoms with Crippen molar-refractivity contribution in [1.29, 1.82) is 0 Å². The van der Waals surface area contributed by atoms with E-state index in [9.17, 15) is 18.3 Å². The van der Waals surface area contributed by atoms with Gasteiger partial charge in [0.2, 0.25) is 10.0 Å². The lowest BCUT2D eigenvalue weighted by atomic mass is 10.2. The third-order valence-electron chi connectivity index (χ3n) is 4.44. The maximum absolute atomic E-state index is 12.9. The van der Waals surface area contributed by atoms with Crippen LogP contribution in [0.2, 0.25) is 0 Å². The van der Waals surface area contributed by atoms with Gasteiger partial charge < -0.3 is 5.11 Å². The molecule has 0 radical (unpaired) electrons. The summed E-state index contributed by atoms with van der Waals surface area (Å²) in [5.41, 5.74) is 0.688. The molecule has 0 spiro atoms. The number of sulfonamides is 1. The molecule has 0 amide bonds. The molecule has 9 heteroatoms. The van der Waals surface area contributed by atoms with E-state index in [-0.39, 0.29) is 5.56 Å². The van der Waals surface area contributed by atoms with Gasteiger partial charge in [-0.15, -0.1) is 11.3 Å². The first kappa shape index (κ1) is 19.0. The Morgan fingerprint density at radius 1 is 1.27 bits per heavy atom. The average Bonchev–Trinajstić information content (AvgIpc) is 2.95. The first-order chi connectivity index (χ1) is 12.3. The number of rotatable bonds is 5. The first-order valence-corrected chi connectivity index (χ1v) is 10.5. The van der Waals surface area contributed by atoms with Crippen LogP contribution < -0.4 is 0 Å². The van der Waals surface area contributed by atoms with Gasteiger partial charge in [0.15, 0.2) is 0 Å². The highest BCUT2D eigenvalue weighted by Crippen LogP contribution is 2.28. The lowest BCUT2D eigenvalue weighted by Crippen LogP contribution is -2.48. The average molecular weight is 396 g/mol. The molecule has 0 unspecified atom stereocenters. The minimum Gasteiger partial charge on any atom is -0.478 e. The Morgan fingerprint density at radius 3 is 2.54 bits per heavy atom. The summed E-state index contributed by atoms with van der Waals surface area (Å²) < 4.78 is 27.2. The zero-order chi connectivity index (χ0) is 18.9. The monoisotopic (exact) mass is 395 g/mol. The second kappa shape index (κ2) is 7.43. The van der Waals surface area contributed by atoms with E-state index in [1.54, 1.807) is 18.3 Å². The van der Waals surface area contributed by atoms with Crippen LogP contribution in [0.4, 0.5) is 0 Å². The van der Waals surface area contributed by atoms with Crippen LogP contribution in [-0.2, 0) is 16.6 Å². The summed E-state index contributed by atoms with van der Waals surface area (Å²) in [4.78, 5) is 19.7. The van der Waals surface area contributed by atoms with Gasteiger partial charge in [-0.3, -0.25) is 9.88 Å². The van der Waals surface area contributed by atoms with Crippen LogP contribution in [0.25, 0.3) is 0 Å². The number of hydrogen-bond acceptors (Lipinski definition) is 6. The van der Waals surface area contributed by atoms with E-state index in [0.717, 1.165) is 9.75 Å². The quantitative estimate of drug-likeness (QED) is 0.832. The number of hydrogen-bond donors (Lipinski definition) is 1. The van der Waals surface area contributed by atoms with Crippen molar-refractivity contribution < 1.29 is 18.3 Å². The summed E-state index contributed by atoms with van der Waals surface area (Å²) in [7, 11) is -3.48. The molecule has 1 N–H and O–H groups in total. The lowest BCUT2D eigenvalue weighted by molar-refractivity contribution is 0.0693. The minimum atomic E-state index is -3.48. The van der Waals surface area contributed by atoms with E-state index in [1.165, 1.54) is 21.7 Å². The van der Waals surface area contributed by atoms with Crippen LogP contribution >= 0.6 is 11.3 Å². The number of aromatic carboxylic acids is 1. The second-order valence-corrected chi connectivity index (χ2v) is 9.63. The first-order valence-electron chi connectivity index (χ1n) is 8.26. The number of carbonyl (C=O) groups is 1. The predicted octanol–water partition coefficient (Wildman–Crippen LogP) is 1.96. The SMILES string of the molecule is Cc1cc(S(=O)(=O)N2CCN(Cc3ncccc3C(=O)O)CC2)c(C)s1. The molecule has 2 aromatic rings. The van der Waals surface area contributed by atoms with Gasteiger partial charge in [-0.2, -0.15) is 4.31 Å². The number of carboxylic acids is 1. The Bertz CT molecular complexity index is 916. The van der Waals surface area contributed by atoms with Crippen molar-refractivity contribution in [2.45, 2.75) is 25.3 Å². The van der Waals surface area contributed by atoms with Crippen molar-refractivity contribution in [1.82, 2.24) is 14.2 Å². The number of aromatic nitrogens is 1. The standard InChI is InChI=1S/C17H21N3O4S2/c1-12-10-16(13(2)25-12)26(23,24)20-8-6-19(7-9-20)11-15-14(17(21)22)4-3-5-18-15/h3-5,10H,6-9,11H2,1-2H3,(H,21,22). The van der Waals surface area contributed by atoms with Crippen molar-refractivity contribution in [3.05, 3.63) is 45.4 Å². The molecule has 1 aliphatic heterocycles. The van der Waals surface area contributed by atoms with Gasteiger partial charge in [-0.25, -0.2) is 13.2 Å². The molecular weight excluding hydrogens is 374 g/mol. The smallest absolute Gasteiger partial charge is 0.337 e. The van der Waals surface area contributed by atoms with E-state index in [1.807, 2.05) is 18.7 Å². The van der Waals surface area contributed by atoms with Crippen molar-refractivity contribution >= 4 is 27.3 Å². The molecule has 3 heterocycles. The van der Waals surface area contributed by atoms with Crippen LogP contribution in [0.1, 0.15) is 25.8 Å². The van der Waals surface area contributed by atoms with Gasteiger partial charge in [-0.1, -0.05) is 0 Å². The molecule has 0 saturated carbocycles. The maximum atomic E-state index is 12.9. The summed E-state index contributed by atoms with van der Waals surface area (Å²) in [5, 5.41) is 9.25. The van der Waals surface area contributed by atoms with Crippen LogP contribution in [0.5, 0.6) is 0 Å². The van der Waals surface area contributed by atoms with Gasteiger partial charge in [0.1, 0.15) is 0 Å². The summed E-state index contributed by atoms with van der Waals surface area (Å²) in [6.45, 7) is 5.97.